The van der Waals surface area contributed by atoms with Gasteiger partial charge in [0, 0.05) is 22.5 Å². The maximum absolute atomic E-state index is 6.05. The summed E-state index contributed by atoms with van der Waals surface area (Å²) in [6.45, 7) is 2.63. The van der Waals surface area contributed by atoms with Gasteiger partial charge in [0.25, 0.3) is 0 Å². The molecule has 1 aromatic heterocycles. The molecule has 3 nitrogen and oxygen atoms in total. The number of para-hydroxylation sites is 1. The van der Waals surface area contributed by atoms with Crippen molar-refractivity contribution in [2.45, 2.75) is 13.5 Å². The normalized spacial score (nSPS) is 10.8. The molecule has 0 saturated carbocycles. The number of hydrogen-bond acceptors (Lipinski definition) is 3. The average molecular weight is 302 g/mol. The predicted molar refractivity (Wildman–Crippen MR) is 86.3 cm³/mol. The fourth-order valence-corrected chi connectivity index (χ4v) is 2.61. The van der Waals surface area contributed by atoms with E-state index in [1.807, 2.05) is 43.3 Å². The second-order valence-corrected chi connectivity index (χ2v) is 5.27. The van der Waals surface area contributed by atoms with Crippen LogP contribution < -0.4 is 10.1 Å². The lowest BCUT2D eigenvalue weighted by molar-refractivity contribution is 0.416. The van der Waals surface area contributed by atoms with Crippen LogP contribution in [0.4, 0.5) is 5.69 Å². The predicted octanol–water partition coefficient (Wildman–Crippen LogP) is 5.02. The fourth-order valence-electron chi connectivity index (χ4n) is 2.44. The molecule has 0 aliphatic heterocycles. The van der Waals surface area contributed by atoms with Gasteiger partial charge in [0.15, 0.2) is 0 Å². The van der Waals surface area contributed by atoms with Crippen LogP contribution in [-0.2, 0) is 6.54 Å². The summed E-state index contributed by atoms with van der Waals surface area (Å²) >= 11 is 6.05. The van der Waals surface area contributed by atoms with Gasteiger partial charge >= 0.3 is 0 Å². The van der Waals surface area contributed by atoms with E-state index in [4.69, 9.17) is 20.8 Å². The van der Waals surface area contributed by atoms with Gasteiger partial charge in [0.2, 0.25) is 0 Å². The zero-order valence-electron chi connectivity index (χ0n) is 11.9. The Morgan fingerprint density at radius 1 is 1.19 bits per heavy atom. The smallest absolute Gasteiger partial charge is 0.142 e. The highest BCUT2D eigenvalue weighted by atomic mass is 35.5. The maximum Gasteiger partial charge on any atom is 0.142 e. The molecule has 3 aromatic rings. The second-order valence-electron chi connectivity index (χ2n) is 4.83. The van der Waals surface area contributed by atoms with Crippen LogP contribution in [0, 0.1) is 6.92 Å². The molecule has 3 rings (SSSR count). The van der Waals surface area contributed by atoms with E-state index in [2.05, 4.69) is 11.4 Å². The number of nitrogens with one attached hydrogen (secondary N) is 1. The van der Waals surface area contributed by atoms with Crippen molar-refractivity contribution in [2.75, 3.05) is 12.4 Å². The van der Waals surface area contributed by atoms with Crippen LogP contribution in [0.5, 0.6) is 5.75 Å². The van der Waals surface area contributed by atoms with Crippen molar-refractivity contribution < 1.29 is 9.15 Å². The molecule has 21 heavy (non-hydrogen) atoms. The Bertz CT molecular complexity index is 780. The van der Waals surface area contributed by atoms with Gasteiger partial charge in [-0.2, -0.15) is 0 Å². The first-order valence-corrected chi connectivity index (χ1v) is 7.11. The van der Waals surface area contributed by atoms with Gasteiger partial charge in [0.05, 0.1) is 12.8 Å². The third kappa shape index (κ3) is 2.69. The molecule has 2 aromatic carbocycles. The summed E-state index contributed by atoms with van der Waals surface area (Å²) in [7, 11) is 1.65. The molecule has 1 heterocycles. The standard InChI is InChI=1S/C17H16ClNO2/c1-11-14(13-5-3-4-6-16(13)21-11)10-19-15-9-12(18)7-8-17(15)20-2/h3-9,19H,10H2,1-2H3. The fraction of sp³-hybridized carbons (Fsp3) is 0.176. The first-order valence-electron chi connectivity index (χ1n) is 6.73. The van der Waals surface area contributed by atoms with Crippen molar-refractivity contribution in [2.24, 2.45) is 0 Å². The number of halogens is 1. The number of anilines is 1. The molecule has 0 spiro atoms. The lowest BCUT2D eigenvalue weighted by Crippen LogP contribution is -2.02. The molecular formula is C17H16ClNO2. The van der Waals surface area contributed by atoms with Gasteiger partial charge < -0.3 is 14.5 Å². The van der Waals surface area contributed by atoms with Crippen molar-refractivity contribution >= 4 is 28.3 Å². The molecular weight excluding hydrogens is 286 g/mol. The van der Waals surface area contributed by atoms with E-state index >= 15 is 0 Å². The van der Waals surface area contributed by atoms with Gasteiger partial charge in [0.1, 0.15) is 17.1 Å². The summed E-state index contributed by atoms with van der Waals surface area (Å²) in [5.74, 6) is 1.69. The van der Waals surface area contributed by atoms with Gasteiger partial charge in [-0.15, -0.1) is 0 Å². The molecule has 0 atom stereocenters. The Labute approximate surface area is 128 Å². The van der Waals surface area contributed by atoms with E-state index in [1.165, 1.54) is 0 Å². The van der Waals surface area contributed by atoms with Crippen LogP contribution in [0.25, 0.3) is 11.0 Å². The van der Waals surface area contributed by atoms with E-state index < -0.39 is 0 Å². The monoisotopic (exact) mass is 301 g/mol. The third-order valence-electron chi connectivity index (χ3n) is 3.52. The number of rotatable bonds is 4. The SMILES string of the molecule is COc1ccc(Cl)cc1NCc1c(C)oc2ccccc12. The van der Waals surface area contributed by atoms with Crippen LogP contribution in [-0.4, -0.2) is 7.11 Å². The molecule has 0 saturated heterocycles. The number of furan rings is 1. The Kier molecular flexibility index (Phi) is 3.76. The lowest BCUT2D eigenvalue weighted by Gasteiger charge is -2.11. The zero-order chi connectivity index (χ0) is 14.8. The summed E-state index contributed by atoms with van der Waals surface area (Å²) in [4.78, 5) is 0. The highest BCUT2D eigenvalue weighted by Gasteiger charge is 2.11. The molecule has 0 aliphatic rings. The Morgan fingerprint density at radius 2 is 2.00 bits per heavy atom. The summed E-state index contributed by atoms with van der Waals surface area (Å²) < 4.78 is 11.1. The summed E-state index contributed by atoms with van der Waals surface area (Å²) in [6.07, 6.45) is 0. The van der Waals surface area contributed by atoms with Crippen molar-refractivity contribution in [1.29, 1.82) is 0 Å². The first kappa shape index (κ1) is 13.8. The molecule has 1 N–H and O–H groups in total. The number of hydrogen-bond donors (Lipinski definition) is 1. The lowest BCUT2D eigenvalue weighted by atomic mass is 10.1. The quantitative estimate of drug-likeness (QED) is 0.735. The second kappa shape index (κ2) is 5.70. The number of aryl methyl sites for hydroxylation is 1. The van der Waals surface area contributed by atoms with Crippen molar-refractivity contribution in [3.05, 3.63) is 58.8 Å². The van der Waals surface area contributed by atoms with Crippen molar-refractivity contribution in [1.82, 2.24) is 0 Å². The number of benzene rings is 2. The van der Waals surface area contributed by atoms with Gasteiger partial charge in [-0.25, -0.2) is 0 Å². The van der Waals surface area contributed by atoms with Crippen LogP contribution in [0.1, 0.15) is 11.3 Å². The molecule has 108 valence electrons. The number of fused-ring (bicyclic) bond motifs is 1. The van der Waals surface area contributed by atoms with Crippen LogP contribution in [0.3, 0.4) is 0 Å². The Hall–Kier alpha value is -2.13. The highest BCUT2D eigenvalue weighted by Crippen LogP contribution is 2.30. The molecule has 0 radical (unpaired) electrons. The topological polar surface area (TPSA) is 34.4 Å². The molecule has 0 amide bonds. The highest BCUT2D eigenvalue weighted by molar-refractivity contribution is 6.30. The third-order valence-corrected chi connectivity index (χ3v) is 3.75. The van der Waals surface area contributed by atoms with Crippen LogP contribution in [0.15, 0.2) is 46.9 Å². The minimum atomic E-state index is 0.652. The summed E-state index contributed by atoms with van der Waals surface area (Å²) in [6, 6.07) is 13.6. The molecule has 0 bridgehead atoms. The minimum Gasteiger partial charge on any atom is -0.495 e. The van der Waals surface area contributed by atoms with Crippen molar-refractivity contribution in [3.8, 4) is 5.75 Å². The Balaban J connectivity index is 1.90. The summed E-state index contributed by atoms with van der Waals surface area (Å²) in [5, 5.41) is 5.17. The van der Waals surface area contributed by atoms with Gasteiger partial charge in [-0.3, -0.25) is 0 Å². The van der Waals surface area contributed by atoms with Gasteiger partial charge in [-0.05, 0) is 31.2 Å². The van der Waals surface area contributed by atoms with E-state index in [0.29, 0.717) is 11.6 Å². The van der Waals surface area contributed by atoms with E-state index in [0.717, 1.165) is 33.7 Å². The number of ether oxygens (including phenoxy) is 1. The molecule has 0 unspecified atom stereocenters. The zero-order valence-corrected chi connectivity index (χ0v) is 12.7. The van der Waals surface area contributed by atoms with Crippen molar-refractivity contribution in [3.63, 3.8) is 0 Å². The molecule has 0 fully saturated rings. The maximum atomic E-state index is 6.05. The van der Waals surface area contributed by atoms with E-state index in [1.54, 1.807) is 7.11 Å². The molecule has 4 heteroatoms. The average Bonchev–Trinajstić information content (AvgIpc) is 2.81. The van der Waals surface area contributed by atoms with Crippen LogP contribution >= 0.6 is 11.6 Å². The summed E-state index contributed by atoms with van der Waals surface area (Å²) in [5.41, 5.74) is 2.92. The van der Waals surface area contributed by atoms with Gasteiger partial charge in [-0.1, -0.05) is 29.8 Å². The minimum absolute atomic E-state index is 0.652. The number of methoxy groups -OCH3 is 1. The van der Waals surface area contributed by atoms with E-state index in [-0.39, 0.29) is 0 Å². The largest absolute Gasteiger partial charge is 0.495 e. The Morgan fingerprint density at radius 3 is 2.81 bits per heavy atom. The first-order chi connectivity index (χ1) is 10.2. The molecule has 0 aliphatic carbocycles. The van der Waals surface area contributed by atoms with E-state index in [9.17, 15) is 0 Å². The van der Waals surface area contributed by atoms with Crippen LogP contribution in [0.2, 0.25) is 5.02 Å².